The Morgan fingerprint density at radius 2 is 2.50 bits per heavy atom. The van der Waals surface area contributed by atoms with E-state index in [9.17, 15) is 0 Å². The zero-order chi connectivity index (χ0) is 8.97. The van der Waals surface area contributed by atoms with Crippen LogP contribution in [-0.4, -0.2) is 43.0 Å². The minimum Gasteiger partial charge on any atom is -0.386 e. The van der Waals surface area contributed by atoms with Gasteiger partial charge in [0.2, 0.25) is 0 Å². The number of hydrogen-bond donors (Lipinski definition) is 3. The summed E-state index contributed by atoms with van der Waals surface area (Å²) in [6.07, 6.45) is 1.13. The van der Waals surface area contributed by atoms with Crippen LogP contribution in [0.3, 0.4) is 0 Å². The third kappa shape index (κ3) is 2.19. The molecule has 1 saturated heterocycles. The summed E-state index contributed by atoms with van der Waals surface area (Å²) in [6, 6.07) is 0.124. The SMILES string of the molecule is CCCN1CCNCC1C(=N)N. The van der Waals surface area contributed by atoms with Gasteiger partial charge in [-0.15, -0.1) is 0 Å². The van der Waals surface area contributed by atoms with Crippen LogP contribution >= 0.6 is 0 Å². The number of piperazine rings is 1. The number of rotatable bonds is 3. The summed E-state index contributed by atoms with van der Waals surface area (Å²) in [4.78, 5) is 2.28. The molecule has 0 aliphatic carbocycles. The quantitative estimate of drug-likeness (QED) is 0.399. The van der Waals surface area contributed by atoms with Gasteiger partial charge < -0.3 is 11.1 Å². The first-order chi connectivity index (χ1) is 5.75. The van der Waals surface area contributed by atoms with E-state index < -0.39 is 0 Å². The molecule has 0 radical (unpaired) electrons. The number of amidine groups is 1. The lowest BCUT2D eigenvalue weighted by atomic mass is 10.1. The smallest absolute Gasteiger partial charge is 0.110 e. The first kappa shape index (κ1) is 9.48. The summed E-state index contributed by atoms with van der Waals surface area (Å²) in [5.41, 5.74) is 5.49. The molecular weight excluding hydrogens is 152 g/mol. The van der Waals surface area contributed by atoms with Gasteiger partial charge in [-0.1, -0.05) is 6.92 Å². The van der Waals surface area contributed by atoms with E-state index >= 15 is 0 Å². The maximum Gasteiger partial charge on any atom is 0.110 e. The zero-order valence-corrected chi connectivity index (χ0v) is 7.64. The van der Waals surface area contributed by atoms with Crippen molar-refractivity contribution in [1.82, 2.24) is 10.2 Å². The maximum absolute atomic E-state index is 7.39. The second kappa shape index (κ2) is 4.42. The Bertz CT molecular complexity index is 155. The van der Waals surface area contributed by atoms with Gasteiger partial charge in [-0.05, 0) is 13.0 Å². The van der Waals surface area contributed by atoms with Crippen molar-refractivity contribution >= 4 is 5.84 Å². The molecular formula is C8H18N4. The summed E-state index contributed by atoms with van der Waals surface area (Å²) in [6.45, 7) is 6.06. The third-order valence-electron chi connectivity index (χ3n) is 2.22. The van der Waals surface area contributed by atoms with Gasteiger partial charge >= 0.3 is 0 Å². The molecule has 0 aromatic carbocycles. The van der Waals surface area contributed by atoms with E-state index in [-0.39, 0.29) is 11.9 Å². The van der Waals surface area contributed by atoms with Crippen LogP contribution in [0.5, 0.6) is 0 Å². The maximum atomic E-state index is 7.39. The Hall–Kier alpha value is -0.610. The van der Waals surface area contributed by atoms with E-state index in [0.29, 0.717) is 0 Å². The molecule has 0 aromatic heterocycles. The van der Waals surface area contributed by atoms with Gasteiger partial charge in [0.15, 0.2) is 0 Å². The van der Waals surface area contributed by atoms with Crippen molar-refractivity contribution < 1.29 is 0 Å². The van der Waals surface area contributed by atoms with Gasteiger partial charge in [-0.25, -0.2) is 0 Å². The van der Waals surface area contributed by atoms with E-state index in [1.165, 1.54) is 0 Å². The number of nitrogens with zero attached hydrogens (tertiary/aromatic N) is 1. The van der Waals surface area contributed by atoms with Crippen LogP contribution in [-0.2, 0) is 0 Å². The molecule has 1 fully saturated rings. The van der Waals surface area contributed by atoms with Crippen LogP contribution < -0.4 is 11.1 Å². The van der Waals surface area contributed by atoms with E-state index in [4.69, 9.17) is 11.1 Å². The Labute approximate surface area is 73.6 Å². The Morgan fingerprint density at radius 3 is 3.08 bits per heavy atom. The lowest BCUT2D eigenvalue weighted by Gasteiger charge is -2.35. The van der Waals surface area contributed by atoms with Gasteiger partial charge in [0.25, 0.3) is 0 Å². The fourth-order valence-corrected chi connectivity index (χ4v) is 1.61. The monoisotopic (exact) mass is 170 g/mol. The summed E-state index contributed by atoms with van der Waals surface area (Å²) < 4.78 is 0. The van der Waals surface area contributed by atoms with Crippen molar-refractivity contribution in [2.75, 3.05) is 26.2 Å². The minimum atomic E-state index is 0.124. The van der Waals surface area contributed by atoms with Gasteiger partial charge in [0, 0.05) is 19.6 Å². The second-order valence-electron chi connectivity index (χ2n) is 3.21. The normalized spacial score (nSPS) is 25.6. The van der Waals surface area contributed by atoms with Crippen molar-refractivity contribution in [3.8, 4) is 0 Å². The first-order valence-corrected chi connectivity index (χ1v) is 4.54. The Kier molecular flexibility index (Phi) is 3.49. The van der Waals surface area contributed by atoms with Crippen LogP contribution in [0.15, 0.2) is 0 Å². The van der Waals surface area contributed by atoms with E-state index in [2.05, 4.69) is 17.1 Å². The summed E-state index contributed by atoms with van der Waals surface area (Å²) >= 11 is 0. The molecule has 1 aliphatic heterocycles. The van der Waals surface area contributed by atoms with Crippen LogP contribution in [0.1, 0.15) is 13.3 Å². The molecule has 0 saturated carbocycles. The molecule has 0 bridgehead atoms. The van der Waals surface area contributed by atoms with Crippen molar-refractivity contribution in [1.29, 1.82) is 5.41 Å². The predicted octanol–water partition coefficient (Wildman–Crippen LogP) is -0.394. The molecule has 1 atom stereocenters. The van der Waals surface area contributed by atoms with Gasteiger partial charge in [-0.2, -0.15) is 0 Å². The van der Waals surface area contributed by atoms with Gasteiger partial charge in [0.1, 0.15) is 5.84 Å². The van der Waals surface area contributed by atoms with Gasteiger partial charge in [0.05, 0.1) is 6.04 Å². The number of hydrogen-bond acceptors (Lipinski definition) is 3. The topological polar surface area (TPSA) is 65.1 Å². The van der Waals surface area contributed by atoms with E-state index in [0.717, 1.165) is 32.6 Å². The molecule has 1 unspecified atom stereocenters. The average Bonchev–Trinajstić information content (AvgIpc) is 2.05. The second-order valence-corrected chi connectivity index (χ2v) is 3.21. The van der Waals surface area contributed by atoms with Crippen LogP contribution in [0.2, 0.25) is 0 Å². The first-order valence-electron chi connectivity index (χ1n) is 4.54. The number of nitrogens with one attached hydrogen (secondary N) is 2. The fraction of sp³-hybridized carbons (Fsp3) is 0.875. The lowest BCUT2D eigenvalue weighted by molar-refractivity contribution is 0.204. The predicted molar refractivity (Wildman–Crippen MR) is 50.4 cm³/mol. The molecule has 12 heavy (non-hydrogen) atoms. The van der Waals surface area contributed by atoms with Crippen LogP contribution in [0, 0.1) is 5.41 Å². The van der Waals surface area contributed by atoms with Crippen molar-refractivity contribution in [3.05, 3.63) is 0 Å². The highest BCUT2D eigenvalue weighted by atomic mass is 15.2. The lowest BCUT2D eigenvalue weighted by Crippen LogP contribution is -2.56. The summed E-state index contributed by atoms with van der Waals surface area (Å²) in [7, 11) is 0. The number of nitrogens with two attached hydrogens (primary N) is 1. The fourth-order valence-electron chi connectivity index (χ4n) is 1.61. The molecule has 1 heterocycles. The molecule has 0 amide bonds. The van der Waals surface area contributed by atoms with Crippen LogP contribution in [0.4, 0.5) is 0 Å². The highest BCUT2D eigenvalue weighted by Crippen LogP contribution is 2.03. The average molecular weight is 170 g/mol. The standard InChI is InChI=1S/C8H18N4/c1-2-4-12-5-3-11-6-7(12)8(9)10/h7,11H,2-6H2,1H3,(H3,9,10). The molecule has 70 valence electrons. The van der Waals surface area contributed by atoms with Crippen molar-refractivity contribution in [2.45, 2.75) is 19.4 Å². The molecule has 4 heteroatoms. The van der Waals surface area contributed by atoms with Crippen LogP contribution in [0.25, 0.3) is 0 Å². The Balaban J connectivity index is 2.48. The largest absolute Gasteiger partial charge is 0.386 e. The van der Waals surface area contributed by atoms with Crippen molar-refractivity contribution in [2.24, 2.45) is 5.73 Å². The van der Waals surface area contributed by atoms with E-state index in [1.807, 2.05) is 0 Å². The summed E-state index contributed by atoms with van der Waals surface area (Å²) in [5, 5.41) is 10.6. The molecule has 0 spiro atoms. The molecule has 4 nitrogen and oxygen atoms in total. The highest BCUT2D eigenvalue weighted by molar-refractivity contribution is 5.83. The van der Waals surface area contributed by atoms with Crippen molar-refractivity contribution in [3.63, 3.8) is 0 Å². The van der Waals surface area contributed by atoms with E-state index in [1.54, 1.807) is 0 Å². The highest BCUT2D eigenvalue weighted by Gasteiger charge is 2.23. The summed E-state index contributed by atoms with van der Waals surface area (Å²) in [5.74, 6) is 0.288. The van der Waals surface area contributed by atoms with Gasteiger partial charge in [-0.3, -0.25) is 10.3 Å². The molecule has 1 aliphatic rings. The molecule has 0 aromatic rings. The zero-order valence-electron chi connectivity index (χ0n) is 7.64. The molecule has 4 N–H and O–H groups in total. The molecule has 1 rings (SSSR count). The Morgan fingerprint density at radius 1 is 1.75 bits per heavy atom. The third-order valence-corrected chi connectivity index (χ3v) is 2.22. The minimum absolute atomic E-state index is 0.124.